The van der Waals surface area contributed by atoms with Crippen molar-refractivity contribution in [3.05, 3.63) is 0 Å². The molecule has 4 heteroatoms. The smallest absolute Gasteiger partial charge is 0.0870 e. The van der Waals surface area contributed by atoms with Gasteiger partial charge in [-0.15, -0.1) is 0 Å². The fourth-order valence-corrected chi connectivity index (χ4v) is 5.40. The van der Waals surface area contributed by atoms with Crippen molar-refractivity contribution in [3.8, 4) is 6.07 Å². The molecule has 3 fully saturated rings. The molecule has 1 saturated carbocycles. The molecule has 0 bridgehead atoms. The third kappa shape index (κ3) is 2.94. The van der Waals surface area contributed by atoms with Crippen LogP contribution in [-0.4, -0.2) is 47.2 Å². The van der Waals surface area contributed by atoms with Crippen molar-refractivity contribution in [1.82, 2.24) is 4.90 Å². The highest BCUT2D eigenvalue weighted by Crippen LogP contribution is 2.40. The van der Waals surface area contributed by atoms with Crippen LogP contribution in [0.25, 0.3) is 0 Å². The second kappa shape index (κ2) is 6.03. The molecule has 2 heterocycles. The van der Waals surface area contributed by atoms with Crippen LogP contribution in [0.2, 0.25) is 0 Å². The lowest BCUT2D eigenvalue weighted by atomic mass is 9.88. The Balaban J connectivity index is 1.69. The first kappa shape index (κ1) is 13.7. The van der Waals surface area contributed by atoms with Crippen LogP contribution in [0, 0.1) is 11.3 Å². The topological polar surface area (TPSA) is 36.3 Å². The molecular formula is C15H24N2OS. The molecule has 3 rings (SSSR count). The summed E-state index contributed by atoms with van der Waals surface area (Å²) in [6.45, 7) is 1.50. The van der Waals surface area contributed by atoms with Crippen molar-refractivity contribution in [2.45, 2.75) is 62.6 Å². The van der Waals surface area contributed by atoms with Crippen LogP contribution in [0.1, 0.15) is 44.9 Å². The normalized spacial score (nSPS) is 36.1. The molecule has 2 aliphatic heterocycles. The van der Waals surface area contributed by atoms with Crippen molar-refractivity contribution < 1.29 is 4.74 Å². The Labute approximate surface area is 120 Å². The number of nitriles is 1. The monoisotopic (exact) mass is 280 g/mol. The van der Waals surface area contributed by atoms with Gasteiger partial charge in [-0.05, 0) is 37.9 Å². The highest BCUT2D eigenvalue weighted by atomic mass is 32.2. The van der Waals surface area contributed by atoms with E-state index in [1.807, 2.05) is 11.8 Å². The average molecular weight is 280 g/mol. The second-order valence-corrected chi connectivity index (χ2v) is 7.35. The zero-order valence-corrected chi connectivity index (χ0v) is 12.5. The minimum atomic E-state index is 0.139. The highest BCUT2D eigenvalue weighted by molar-refractivity contribution is 7.99. The fraction of sp³-hybridized carbons (Fsp3) is 0.933. The highest BCUT2D eigenvalue weighted by Gasteiger charge is 2.43. The number of rotatable bonds is 3. The van der Waals surface area contributed by atoms with Crippen LogP contribution in [0.15, 0.2) is 0 Å². The Morgan fingerprint density at radius 1 is 1.26 bits per heavy atom. The average Bonchev–Trinajstić information content (AvgIpc) is 3.08. The van der Waals surface area contributed by atoms with Crippen molar-refractivity contribution >= 4 is 11.8 Å². The predicted octanol–water partition coefficient (Wildman–Crippen LogP) is 2.81. The number of hydrogen-bond acceptors (Lipinski definition) is 4. The van der Waals surface area contributed by atoms with Gasteiger partial charge >= 0.3 is 0 Å². The zero-order chi connectivity index (χ0) is 13.1. The lowest BCUT2D eigenvalue weighted by Crippen LogP contribution is -2.51. The van der Waals surface area contributed by atoms with E-state index in [0.29, 0.717) is 18.6 Å². The Morgan fingerprint density at radius 2 is 2.11 bits per heavy atom. The van der Waals surface area contributed by atoms with E-state index in [4.69, 9.17) is 10.00 Å². The van der Waals surface area contributed by atoms with Crippen LogP contribution in [0.3, 0.4) is 0 Å². The van der Waals surface area contributed by atoms with E-state index < -0.39 is 0 Å². The molecule has 0 aromatic carbocycles. The molecule has 106 valence electrons. The molecule has 3 aliphatic rings. The van der Waals surface area contributed by atoms with E-state index in [0.717, 1.165) is 25.2 Å². The molecule has 3 nitrogen and oxygen atoms in total. The molecule has 0 aromatic rings. The number of nitrogens with zero attached hydrogens (tertiary/aromatic N) is 2. The minimum Gasteiger partial charge on any atom is -0.374 e. The van der Waals surface area contributed by atoms with Crippen molar-refractivity contribution in [1.29, 1.82) is 5.26 Å². The van der Waals surface area contributed by atoms with Gasteiger partial charge in [0.2, 0.25) is 0 Å². The van der Waals surface area contributed by atoms with Crippen LogP contribution in [0.5, 0.6) is 0 Å². The Bertz CT molecular complexity index is 343. The lowest BCUT2D eigenvalue weighted by Gasteiger charge is -2.44. The summed E-state index contributed by atoms with van der Waals surface area (Å²) in [4.78, 5) is 2.51. The van der Waals surface area contributed by atoms with Gasteiger partial charge in [0.15, 0.2) is 0 Å². The number of hydrogen-bond donors (Lipinski definition) is 0. The van der Waals surface area contributed by atoms with Crippen LogP contribution >= 0.6 is 11.8 Å². The van der Waals surface area contributed by atoms with Crippen molar-refractivity contribution in [3.63, 3.8) is 0 Å². The summed E-state index contributed by atoms with van der Waals surface area (Å²) in [6, 6.07) is 3.64. The molecule has 2 unspecified atom stereocenters. The summed E-state index contributed by atoms with van der Waals surface area (Å²) in [7, 11) is 0. The van der Waals surface area contributed by atoms with Crippen LogP contribution in [-0.2, 0) is 4.74 Å². The Kier molecular flexibility index (Phi) is 4.36. The summed E-state index contributed by atoms with van der Waals surface area (Å²) >= 11 is 2.03. The number of ether oxygens (including phenoxy) is 1. The molecular weight excluding hydrogens is 256 g/mol. The molecule has 1 spiro atoms. The SMILES string of the molecule is N#CCN(C1CCCC1)C1CCOC2(CCSC2)C1. The first-order chi connectivity index (χ1) is 9.33. The van der Waals surface area contributed by atoms with Crippen molar-refractivity contribution in [2.24, 2.45) is 0 Å². The van der Waals surface area contributed by atoms with E-state index >= 15 is 0 Å². The molecule has 2 saturated heterocycles. The van der Waals surface area contributed by atoms with Gasteiger partial charge in [0.25, 0.3) is 0 Å². The molecule has 2 atom stereocenters. The first-order valence-corrected chi connectivity index (χ1v) is 8.83. The summed E-state index contributed by atoms with van der Waals surface area (Å²) in [6.07, 6.45) is 8.75. The van der Waals surface area contributed by atoms with Gasteiger partial charge in [0.05, 0.1) is 18.2 Å². The van der Waals surface area contributed by atoms with Gasteiger partial charge < -0.3 is 4.74 Å². The summed E-state index contributed by atoms with van der Waals surface area (Å²) < 4.78 is 6.12. The predicted molar refractivity (Wildman–Crippen MR) is 78.2 cm³/mol. The van der Waals surface area contributed by atoms with Gasteiger partial charge in [-0.25, -0.2) is 0 Å². The molecule has 0 radical (unpaired) electrons. The van der Waals surface area contributed by atoms with E-state index in [9.17, 15) is 0 Å². The van der Waals surface area contributed by atoms with Gasteiger partial charge in [-0.2, -0.15) is 17.0 Å². The largest absolute Gasteiger partial charge is 0.374 e. The molecule has 1 aliphatic carbocycles. The molecule has 0 amide bonds. The van der Waals surface area contributed by atoms with Crippen LogP contribution < -0.4 is 0 Å². The molecule has 0 aromatic heterocycles. The van der Waals surface area contributed by atoms with Crippen molar-refractivity contribution in [2.75, 3.05) is 24.7 Å². The molecule has 0 N–H and O–H groups in total. The quantitative estimate of drug-likeness (QED) is 0.745. The van der Waals surface area contributed by atoms with Gasteiger partial charge in [-0.3, -0.25) is 4.90 Å². The summed E-state index contributed by atoms with van der Waals surface area (Å²) in [5.41, 5.74) is 0.139. The minimum absolute atomic E-state index is 0.139. The summed E-state index contributed by atoms with van der Waals surface area (Å²) in [5, 5.41) is 9.16. The third-order valence-corrected chi connectivity index (χ3v) is 6.27. The van der Waals surface area contributed by atoms with Gasteiger partial charge in [-0.1, -0.05) is 12.8 Å². The van der Waals surface area contributed by atoms with Crippen LogP contribution in [0.4, 0.5) is 0 Å². The Morgan fingerprint density at radius 3 is 2.79 bits per heavy atom. The van der Waals surface area contributed by atoms with Gasteiger partial charge in [0.1, 0.15) is 0 Å². The summed E-state index contributed by atoms with van der Waals surface area (Å²) in [5.74, 6) is 2.41. The third-order valence-electron chi connectivity index (χ3n) is 5.05. The standard InChI is InChI=1S/C15H24N2OS/c16-7-8-17(13-3-1-2-4-13)14-5-9-18-15(11-14)6-10-19-12-15/h13-14H,1-6,8-12H2. The van der Waals surface area contributed by atoms with E-state index in [1.165, 1.54) is 37.9 Å². The van der Waals surface area contributed by atoms with E-state index in [2.05, 4.69) is 11.0 Å². The molecule has 19 heavy (non-hydrogen) atoms. The van der Waals surface area contributed by atoms with E-state index in [1.54, 1.807) is 0 Å². The Hall–Kier alpha value is -0.240. The second-order valence-electron chi connectivity index (χ2n) is 6.25. The maximum absolute atomic E-state index is 9.16. The maximum Gasteiger partial charge on any atom is 0.0870 e. The lowest BCUT2D eigenvalue weighted by molar-refractivity contribution is -0.0930. The maximum atomic E-state index is 9.16. The number of thioether (sulfide) groups is 1. The zero-order valence-electron chi connectivity index (χ0n) is 11.6. The first-order valence-electron chi connectivity index (χ1n) is 7.67. The van der Waals surface area contributed by atoms with Gasteiger partial charge in [0, 0.05) is 24.4 Å². The van der Waals surface area contributed by atoms with E-state index in [-0.39, 0.29) is 5.60 Å². The fourth-order valence-electron chi connectivity index (χ4n) is 4.02.